The molecule has 3 nitrogen and oxygen atoms in total. The molecule has 1 aromatic heterocycles. The van der Waals surface area contributed by atoms with Crippen molar-refractivity contribution in [2.24, 2.45) is 0 Å². The molecular weight excluding hydrogens is 365 g/mol. The van der Waals surface area contributed by atoms with Crippen LogP contribution in [-0.2, 0) is 11.9 Å². The van der Waals surface area contributed by atoms with Crippen molar-refractivity contribution < 1.29 is 26.4 Å². The van der Waals surface area contributed by atoms with Crippen LogP contribution in [0.4, 0.5) is 22.0 Å². The summed E-state index contributed by atoms with van der Waals surface area (Å²) in [5, 5.41) is -0.291. The Morgan fingerprint density at radius 1 is 1.04 bits per heavy atom. The van der Waals surface area contributed by atoms with Crippen molar-refractivity contribution in [3.8, 4) is 0 Å². The highest BCUT2D eigenvalue weighted by molar-refractivity contribution is 7.98. The lowest BCUT2D eigenvalue weighted by Crippen LogP contribution is -2.05. The molecule has 0 aliphatic carbocycles. The monoisotopic (exact) mass is 373 g/mol. The third-order valence-electron chi connectivity index (χ3n) is 3.29. The first-order valence-electron chi connectivity index (χ1n) is 6.83. The molecule has 1 heterocycles. The molecule has 2 aromatic carbocycles. The second-order valence-corrected chi connectivity index (χ2v) is 5.96. The van der Waals surface area contributed by atoms with Gasteiger partial charge in [0.1, 0.15) is 0 Å². The van der Waals surface area contributed by atoms with Gasteiger partial charge in [0.2, 0.25) is 0 Å². The molecule has 0 atom stereocenters. The summed E-state index contributed by atoms with van der Waals surface area (Å²) in [4.78, 5) is 15.7. The van der Waals surface area contributed by atoms with Crippen LogP contribution in [0.1, 0.15) is 11.1 Å². The smallest absolute Gasteiger partial charge is 0.397 e. The molecule has 0 saturated heterocycles. The van der Waals surface area contributed by atoms with E-state index in [1.165, 1.54) is 12.1 Å². The number of thioether (sulfide) groups is 1. The van der Waals surface area contributed by atoms with Gasteiger partial charge in [-0.25, -0.2) is 18.6 Å². The molecular formula is C16H8F5NO2S. The van der Waals surface area contributed by atoms with Crippen molar-refractivity contribution in [1.29, 1.82) is 0 Å². The number of rotatable bonds is 3. The Labute approximate surface area is 141 Å². The van der Waals surface area contributed by atoms with Crippen molar-refractivity contribution in [2.75, 3.05) is 0 Å². The maximum Gasteiger partial charge on any atom is 0.416 e. The van der Waals surface area contributed by atoms with Gasteiger partial charge >= 0.3 is 11.8 Å². The lowest BCUT2D eigenvalue weighted by molar-refractivity contribution is -0.137. The lowest BCUT2D eigenvalue weighted by Gasteiger charge is -2.07. The minimum atomic E-state index is -4.42. The van der Waals surface area contributed by atoms with E-state index in [1.807, 2.05) is 0 Å². The van der Waals surface area contributed by atoms with Crippen LogP contribution in [0.2, 0.25) is 0 Å². The van der Waals surface area contributed by atoms with Crippen molar-refractivity contribution in [3.05, 3.63) is 69.6 Å². The van der Waals surface area contributed by atoms with Gasteiger partial charge in [-0.05, 0) is 23.8 Å². The van der Waals surface area contributed by atoms with Crippen molar-refractivity contribution in [2.45, 2.75) is 17.2 Å². The van der Waals surface area contributed by atoms with E-state index in [9.17, 15) is 26.7 Å². The fraction of sp³-hybridized carbons (Fsp3) is 0.125. The molecule has 0 saturated carbocycles. The number of halogens is 5. The summed E-state index contributed by atoms with van der Waals surface area (Å²) in [6, 6.07) is 5.96. The topological polar surface area (TPSA) is 43.1 Å². The highest BCUT2D eigenvalue weighted by atomic mass is 32.2. The van der Waals surface area contributed by atoms with Crippen molar-refractivity contribution >= 4 is 22.7 Å². The predicted octanol–water partition coefficient (Wildman–Crippen LogP) is 4.78. The molecule has 0 fully saturated rings. The van der Waals surface area contributed by atoms with Crippen LogP contribution >= 0.6 is 11.8 Å². The van der Waals surface area contributed by atoms with Crippen LogP contribution < -0.4 is 5.63 Å². The molecule has 9 heteroatoms. The zero-order valence-electron chi connectivity index (χ0n) is 12.2. The summed E-state index contributed by atoms with van der Waals surface area (Å²) < 4.78 is 68.8. The van der Waals surface area contributed by atoms with Crippen LogP contribution in [0, 0.1) is 11.6 Å². The standard InChI is InChI=1S/C16H8F5NO2S/c17-11-5-10-13(6-12(11)18)22-15(24-14(10)23)25-7-8-1-3-9(4-2-8)16(19,20)21/h1-6H,7H2. The molecule has 0 N–H and O–H groups in total. The first-order valence-corrected chi connectivity index (χ1v) is 7.81. The Hall–Kier alpha value is -2.42. The van der Waals surface area contributed by atoms with Crippen LogP contribution in [-0.4, -0.2) is 4.98 Å². The Balaban J connectivity index is 1.81. The van der Waals surface area contributed by atoms with Gasteiger partial charge in [0.15, 0.2) is 11.6 Å². The van der Waals surface area contributed by atoms with Gasteiger partial charge in [0.25, 0.3) is 5.22 Å². The first kappa shape index (κ1) is 17.4. The summed E-state index contributed by atoms with van der Waals surface area (Å²) >= 11 is 0.951. The lowest BCUT2D eigenvalue weighted by atomic mass is 10.1. The van der Waals surface area contributed by atoms with Crippen LogP contribution in [0.3, 0.4) is 0 Å². The van der Waals surface area contributed by atoms with Gasteiger partial charge < -0.3 is 4.42 Å². The largest absolute Gasteiger partial charge is 0.416 e. The molecule has 25 heavy (non-hydrogen) atoms. The zero-order chi connectivity index (χ0) is 18.2. The summed E-state index contributed by atoms with van der Waals surface area (Å²) in [7, 11) is 0. The third kappa shape index (κ3) is 3.81. The zero-order valence-corrected chi connectivity index (χ0v) is 13.0. The number of benzene rings is 2. The molecule has 0 amide bonds. The minimum Gasteiger partial charge on any atom is -0.397 e. The Kier molecular flexibility index (Phi) is 4.51. The number of aromatic nitrogens is 1. The molecule has 0 radical (unpaired) electrons. The molecule has 3 rings (SSSR count). The van der Waals surface area contributed by atoms with Gasteiger partial charge in [-0.1, -0.05) is 23.9 Å². The van der Waals surface area contributed by atoms with E-state index in [0.717, 1.165) is 30.0 Å². The van der Waals surface area contributed by atoms with E-state index < -0.39 is 29.0 Å². The summed E-state index contributed by atoms with van der Waals surface area (Å²) in [5.41, 5.74) is -1.16. The van der Waals surface area contributed by atoms with Crippen molar-refractivity contribution in [3.63, 3.8) is 0 Å². The molecule has 0 aliphatic rings. The second kappa shape index (κ2) is 6.47. The minimum absolute atomic E-state index is 0.0648. The number of nitrogens with zero attached hydrogens (tertiary/aromatic N) is 1. The fourth-order valence-corrected chi connectivity index (χ4v) is 2.82. The highest BCUT2D eigenvalue weighted by Gasteiger charge is 2.29. The quantitative estimate of drug-likeness (QED) is 0.490. The first-order chi connectivity index (χ1) is 11.7. The number of hydrogen-bond acceptors (Lipinski definition) is 4. The maximum absolute atomic E-state index is 13.3. The Morgan fingerprint density at radius 3 is 2.32 bits per heavy atom. The van der Waals surface area contributed by atoms with Crippen LogP contribution in [0.25, 0.3) is 10.9 Å². The Morgan fingerprint density at radius 2 is 1.68 bits per heavy atom. The fourth-order valence-electron chi connectivity index (χ4n) is 2.04. The van der Waals surface area contributed by atoms with Crippen LogP contribution in [0.5, 0.6) is 0 Å². The third-order valence-corrected chi connectivity index (χ3v) is 4.19. The van der Waals surface area contributed by atoms with Gasteiger partial charge in [-0.2, -0.15) is 13.2 Å². The summed E-state index contributed by atoms with van der Waals surface area (Å²) in [5.74, 6) is -2.15. The van der Waals surface area contributed by atoms with E-state index in [2.05, 4.69) is 4.98 Å². The van der Waals surface area contributed by atoms with Gasteiger partial charge in [0, 0.05) is 11.8 Å². The molecule has 0 bridgehead atoms. The molecule has 0 aliphatic heterocycles. The van der Waals surface area contributed by atoms with E-state index in [-0.39, 0.29) is 21.9 Å². The number of fused-ring (bicyclic) bond motifs is 1. The highest BCUT2D eigenvalue weighted by Crippen LogP contribution is 2.30. The van der Waals surface area contributed by atoms with E-state index in [0.29, 0.717) is 11.6 Å². The average molecular weight is 373 g/mol. The van der Waals surface area contributed by atoms with Crippen molar-refractivity contribution in [1.82, 2.24) is 4.98 Å². The SMILES string of the molecule is O=c1oc(SCc2ccc(C(F)(F)F)cc2)nc2cc(F)c(F)cc12. The summed E-state index contributed by atoms with van der Waals surface area (Å²) in [6.45, 7) is 0. The van der Waals surface area contributed by atoms with Gasteiger partial charge in [-0.3, -0.25) is 0 Å². The van der Waals surface area contributed by atoms with Crippen LogP contribution in [0.15, 0.2) is 50.8 Å². The number of alkyl halides is 3. The van der Waals surface area contributed by atoms with Gasteiger partial charge in [0.05, 0.1) is 16.5 Å². The number of hydrogen-bond donors (Lipinski definition) is 0. The average Bonchev–Trinajstić information content (AvgIpc) is 2.54. The molecule has 0 spiro atoms. The van der Waals surface area contributed by atoms with E-state index in [4.69, 9.17) is 4.42 Å². The normalized spacial score (nSPS) is 11.9. The molecule has 3 aromatic rings. The molecule has 0 unspecified atom stereocenters. The second-order valence-electron chi connectivity index (χ2n) is 5.03. The maximum atomic E-state index is 13.3. The van der Waals surface area contributed by atoms with Gasteiger partial charge in [-0.15, -0.1) is 0 Å². The predicted molar refractivity (Wildman–Crippen MR) is 81.2 cm³/mol. The van der Waals surface area contributed by atoms with E-state index in [1.54, 1.807) is 0 Å². The summed E-state index contributed by atoms with van der Waals surface area (Å²) in [6.07, 6.45) is -4.42. The van der Waals surface area contributed by atoms with E-state index >= 15 is 0 Å². The molecule has 130 valence electrons. The Bertz CT molecular complexity index is 983.